The van der Waals surface area contributed by atoms with Gasteiger partial charge in [-0.3, -0.25) is 9.59 Å². The van der Waals surface area contributed by atoms with Crippen LogP contribution in [0.1, 0.15) is 24.5 Å². The Labute approximate surface area is 165 Å². The van der Waals surface area contributed by atoms with Crippen LogP contribution in [-0.2, 0) is 27.2 Å². The lowest BCUT2D eigenvalue weighted by Crippen LogP contribution is -2.36. The fraction of sp³-hybridized carbons (Fsp3) is 0.364. The Morgan fingerprint density at radius 1 is 0.929 bits per heavy atom. The van der Waals surface area contributed by atoms with Gasteiger partial charge in [0, 0.05) is 13.0 Å². The number of hydrogen-bond acceptors (Lipinski definition) is 5. The van der Waals surface area contributed by atoms with Gasteiger partial charge in [-0.05, 0) is 43.0 Å². The fourth-order valence-corrected chi connectivity index (χ4v) is 2.71. The van der Waals surface area contributed by atoms with Crippen LogP contribution in [0.3, 0.4) is 0 Å². The van der Waals surface area contributed by atoms with E-state index in [9.17, 15) is 9.59 Å². The van der Waals surface area contributed by atoms with Crippen LogP contribution in [0.2, 0.25) is 0 Å². The molecule has 6 heteroatoms. The van der Waals surface area contributed by atoms with E-state index in [0.29, 0.717) is 24.5 Å². The summed E-state index contributed by atoms with van der Waals surface area (Å²) in [4.78, 5) is 24.1. The Hall–Kier alpha value is -3.02. The van der Waals surface area contributed by atoms with Gasteiger partial charge in [-0.25, -0.2) is 0 Å². The molecule has 2 rings (SSSR count). The third kappa shape index (κ3) is 6.61. The molecule has 0 fully saturated rings. The molecule has 0 aliphatic carbocycles. The van der Waals surface area contributed by atoms with Crippen molar-refractivity contribution in [2.45, 2.75) is 32.3 Å². The van der Waals surface area contributed by atoms with E-state index in [0.717, 1.165) is 17.5 Å². The van der Waals surface area contributed by atoms with Crippen LogP contribution in [0.5, 0.6) is 11.5 Å². The number of carbonyl (C=O) groups excluding carboxylic acids is 2. The summed E-state index contributed by atoms with van der Waals surface area (Å²) in [5.74, 6) is 0.532. The molecule has 6 nitrogen and oxygen atoms in total. The first kappa shape index (κ1) is 21.3. The van der Waals surface area contributed by atoms with E-state index in [2.05, 4.69) is 5.32 Å². The Balaban J connectivity index is 1.73. The fourth-order valence-electron chi connectivity index (χ4n) is 2.71. The van der Waals surface area contributed by atoms with E-state index >= 15 is 0 Å². The lowest BCUT2D eigenvalue weighted by Gasteiger charge is -2.14. The van der Waals surface area contributed by atoms with Gasteiger partial charge in [-0.2, -0.15) is 0 Å². The van der Waals surface area contributed by atoms with E-state index in [1.54, 1.807) is 27.2 Å². The molecule has 0 bridgehead atoms. The van der Waals surface area contributed by atoms with E-state index < -0.39 is 12.1 Å². The zero-order valence-corrected chi connectivity index (χ0v) is 16.6. The second-order valence-electron chi connectivity index (χ2n) is 6.35. The maximum atomic E-state index is 12.1. The molecule has 0 heterocycles. The Morgan fingerprint density at radius 2 is 1.64 bits per heavy atom. The van der Waals surface area contributed by atoms with Crippen molar-refractivity contribution in [1.29, 1.82) is 0 Å². The molecule has 1 atom stereocenters. The maximum absolute atomic E-state index is 12.1. The van der Waals surface area contributed by atoms with Gasteiger partial charge in [-0.15, -0.1) is 0 Å². The number of rotatable bonds is 10. The molecule has 2 aromatic carbocycles. The highest BCUT2D eigenvalue weighted by molar-refractivity contribution is 5.83. The molecule has 0 aromatic heterocycles. The standard InChI is InChI=1S/C22H27NO5/c1-16(22(25)23-14-13-17-7-5-4-6-8-17)28-21(24)12-10-18-9-11-19(26-2)20(15-18)27-3/h4-9,11,15-16H,10,12-14H2,1-3H3,(H,23,25). The summed E-state index contributed by atoms with van der Waals surface area (Å²) in [5.41, 5.74) is 2.07. The minimum absolute atomic E-state index is 0.178. The van der Waals surface area contributed by atoms with Crippen LogP contribution < -0.4 is 14.8 Å². The average molecular weight is 385 g/mol. The molecule has 0 radical (unpaired) electrons. The number of hydrogen-bond donors (Lipinski definition) is 1. The molecule has 1 N–H and O–H groups in total. The second kappa shape index (κ2) is 11.0. The van der Waals surface area contributed by atoms with Crippen molar-refractivity contribution in [1.82, 2.24) is 5.32 Å². The van der Waals surface area contributed by atoms with Gasteiger partial charge in [0.2, 0.25) is 0 Å². The number of ether oxygens (including phenoxy) is 3. The summed E-state index contributed by atoms with van der Waals surface area (Å²) in [6.07, 6.45) is 0.569. The third-order valence-corrected chi connectivity index (χ3v) is 4.30. The zero-order chi connectivity index (χ0) is 20.4. The van der Waals surface area contributed by atoms with Crippen LogP contribution in [0.25, 0.3) is 0 Å². The van der Waals surface area contributed by atoms with Crippen LogP contribution >= 0.6 is 0 Å². The van der Waals surface area contributed by atoms with Gasteiger partial charge in [0.15, 0.2) is 17.6 Å². The maximum Gasteiger partial charge on any atom is 0.306 e. The van der Waals surface area contributed by atoms with Gasteiger partial charge in [0.25, 0.3) is 5.91 Å². The molecular weight excluding hydrogens is 358 g/mol. The summed E-state index contributed by atoms with van der Waals surface area (Å²) in [6, 6.07) is 15.4. The minimum atomic E-state index is -0.825. The van der Waals surface area contributed by atoms with Crippen molar-refractivity contribution >= 4 is 11.9 Å². The minimum Gasteiger partial charge on any atom is -0.493 e. The number of nitrogens with one attached hydrogen (secondary N) is 1. The smallest absolute Gasteiger partial charge is 0.306 e. The Kier molecular flexibility index (Phi) is 8.34. The molecule has 0 saturated carbocycles. The molecule has 150 valence electrons. The lowest BCUT2D eigenvalue weighted by molar-refractivity contribution is -0.154. The largest absolute Gasteiger partial charge is 0.493 e. The molecule has 0 aliphatic rings. The van der Waals surface area contributed by atoms with E-state index in [1.165, 1.54) is 0 Å². The second-order valence-corrected chi connectivity index (χ2v) is 6.35. The van der Waals surface area contributed by atoms with Crippen LogP contribution in [0, 0.1) is 0 Å². The van der Waals surface area contributed by atoms with Crippen molar-refractivity contribution in [2.75, 3.05) is 20.8 Å². The van der Waals surface area contributed by atoms with Gasteiger partial charge >= 0.3 is 5.97 Å². The van der Waals surface area contributed by atoms with Crippen molar-refractivity contribution in [2.24, 2.45) is 0 Å². The van der Waals surface area contributed by atoms with Gasteiger partial charge < -0.3 is 19.5 Å². The predicted molar refractivity (Wildman–Crippen MR) is 107 cm³/mol. The first-order chi connectivity index (χ1) is 13.5. The van der Waals surface area contributed by atoms with Crippen molar-refractivity contribution in [3.8, 4) is 11.5 Å². The van der Waals surface area contributed by atoms with Crippen molar-refractivity contribution < 1.29 is 23.8 Å². The molecule has 0 spiro atoms. The topological polar surface area (TPSA) is 73.9 Å². The number of aryl methyl sites for hydroxylation is 1. The van der Waals surface area contributed by atoms with E-state index in [-0.39, 0.29) is 12.3 Å². The van der Waals surface area contributed by atoms with E-state index in [1.807, 2.05) is 42.5 Å². The number of benzene rings is 2. The van der Waals surface area contributed by atoms with Gasteiger partial charge in [0.1, 0.15) is 0 Å². The van der Waals surface area contributed by atoms with Crippen molar-refractivity contribution in [3.63, 3.8) is 0 Å². The highest BCUT2D eigenvalue weighted by Crippen LogP contribution is 2.28. The number of carbonyl (C=O) groups is 2. The summed E-state index contributed by atoms with van der Waals surface area (Å²) < 4.78 is 15.7. The molecular formula is C22H27NO5. The number of methoxy groups -OCH3 is 2. The summed E-state index contributed by atoms with van der Waals surface area (Å²) in [7, 11) is 3.13. The molecule has 1 amide bonds. The highest BCUT2D eigenvalue weighted by atomic mass is 16.5. The quantitative estimate of drug-likeness (QED) is 0.637. The normalized spacial score (nSPS) is 11.4. The zero-order valence-electron chi connectivity index (χ0n) is 16.6. The summed E-state index contributed by atoms with van der Waals surface area (Å²) in [6.45, 7) is 2.07. The number of esters is 1. The monoisotopic (exact) mass is 385 g/mol. The van der Waals surface area contributed by atoms with Crippen LogP contribution in [0.4, 0.5) is 0 Å². The van der Waals surface area contributed by atoms with Crippen LogP contribution in [0.15, 0.2) is 48.5 Å². The first-order valence-electron chi connectivity index (χ1n) is 9.25. The predicted octanol–water partition coefficient (Wildman–Crippen LogP) is 2.93. The number of amides is 1. The summed E-state index contributed by atoms with van der Waals surface area (Å²) >= 11 is 0. The molecule has 0 saturated heterocycles. The average Bonchev–Trinajstić information content (AvgIpc) is 2.72. The molecule has 1 unspecified atom stereocenters. The van der Waals surface area contributed by atoms with Crippen LogP contribution in [-0.4, -0.2) is 38.7 Å². The van der Waals surface area contributed by atoms with Crippen molar-refractivity contribution in [3.05, 3.63) is 59.7 Å². The highest BCUT2D eigenvalue weighted by Gasteiger charge is 2.17. The first-order valence-corrected chi connectivity index (χ1v) is 9.25. The SMILES string of the molecule is COc1ccc(CCC(=O)OC(C)C(=O)NCCc2ccccc2)cc1OC. The molecule has 0 aliphatic heterocycles. The third-order valence-electron chi connectivity index (χ3n) is 4.30. The Bertz CT molecular complexity index is 776. The molecule has 28 heavy (non-hydrogen) atoms. The van der Waals surface area contributed by atoms with Gasteiger partial charge in [-0.1, -0.05) is 36.4 Å². The lowest BCUT2D eigenvalue weighted by atomic mass is 10.1. The molecule has 2 aromatic rings. The Morgan fingerprint density at radius 3 is 2.32 bits per heavy atom. The summed E-state index contributed by atoms with van der Waals surface area (Å²) in [5, 5.41) is 2.79. The van der Waals surface area contributed by atoms with Gasteiger partial charge in [0.05, 0.1) is 14.2 Å². The van der Waals surface area contributed by atoms with E-state index in [4.69, 9.17) is 14.2 Å².